The molecule has 0 fully saturated rings. The lowest BCUT2D eigenvalue weighted by Gasteiger charge is -2.14. The highest BCUT2D eigenvalue weighted by molar-refractivity contribution is 5.97. The lowest BCUT2D eigenvalue weighted by atomic mass is 10.1. The molecule has 98 valence electrons. The van der Waals surface area contributed by atoms with E-state index >= 15 is 0 Å². The second-order valence-corrected chi connectivity index (χ2v) is 4.27. The molecule has 2 aromatic rings. The van der Waals surface area contributed by atoms with Gasteiger partial charge in [0.2, 0.25) is 0 Å². The first-order valence-corrected chi connectivity index (χ1v) is 5.92. The van der Waals surface area contributed by atoms with Gasteiger partial charge in [0.05, 0.1) is 11.6 Å². The quantitative estimate of drug-likeness (QED) is 0.890. The van der Waals surface area contributed by atoms with Crippen LogP contribution in [0.4, 0.5) is 4.39 Å². The molecular weight excluding hydrogens is 245 g/mol. The molecule has 0 saturated carbocycles. The zero-order chi connectivity index (χ0) is 13.8. The van der Waals surface area contributed by atoms with Gasteiger partial charge in [-0.1, -0.05) is 30.3 Å². The molecule has 19 heavy (non-hydrogen) atoms. The fraction of sp³-hybridized carbons (Fsp3) is 0.133. The fourth-order valence-corrected chi connectivity index (χ4v) is 1.79. The Morgan fingerprint density at radius 1 is 1.21 bits per heavy atom. The minimum absolute atomic E-state index is 0.0669. The molecule has 1 atom stereocenters. The monoisotopic (exact) mass is 259 g/mol. The minimum atomic E-state index is -0.560. The first kappa shape index (κ1) is 13.1. The lowest BCUT2D eigenvalue weighted by molar-refractivity contribution is 0.0936. The summed E-state index contributed by atoms with van der Waals surface area (Å²) in [6.45, 7) is 1.82. The van der Waals surface area contributed by atoms with Gasteiger partial charge in [0.15, 0.2) is 0 Å². The van der Waals surface area contributed by atoms with Crippen LogP contribution in [0.2, 0.25) is 0 Å². The molecule has 3 nitrogen and oxygen atoms in total. The van der Waals surface area contributed by atoms with Crippen LogP contribution in [0, 0.1) is 5.82 Å². The Labute approximate surface area is 110 Å². The van der Waals surface area contributed by atoms with E-state index in [-0.39, 0.29) is 17.4 Å². The molecule has 0 heterocycles. The van der Waals surface area contributed by atoms with Gasteiger partial charge >= 0.3 is 0 Å². The third-order valence-electron chi connectivity index (χ3n) is 2.85. The van der Waals surface area contributed by atoms with E-state index in [1.165, 1.54) is 0 Å². The number of rotatable bonds is 3. The number of phenolic OH excluding ortho intramolecular Hbond substituents is 1. The van der Waals surface area contributed by atoms with Crippen molar-refractivity contribution in [2.75, 3.05) is 0 Å². The van der Waals surface area contributed by atoms with Crippen LogP contribution in [-0.4, -0.2) is 11.0 Å². The van der Waals surface area contributed by atoms with E-state index in [4.69, 9.17) is 0 Å². The molecule has 0 aliphatic heterocycles. The maximum absolute atomic E-state index is 13.1. The number of halogens is 1. The highest BCUT2D eigenvalue weighted by Gasteiger charge is 2.15. The number of amides is 1. The standard InChI is InChI=1S/C15H14FNO2/c1-10(11-5-3-2-4-6-11)17-15(19)13-9-12(16)7-8-14(13)18/h2-10,18H,1H3,(H,17,19). The zero-order valence-electron chi connectivity index (χ0n) is 10.4. The molecule has 0 spiro atoms. The van der Waals surface area contributed by atoms with Crippen molar-refractivity contribution in [1.29, 1.82) is 0 Å². The number of phenols is 1. The molecule has 2 rings (SSSR count). The summed E-state index contributed by atoms with van der Waals surface area (Å²) >= 11 is 0. The Balaban J connectivity index is 2.15. The predicted octanol–water partition coefficient (Wildman–Crippen LogP) is 3.02. The summed E-state index contributed by atoms with van der Waals surface area (Å²) in [5.74, 6) is -1.30. The Morgan fingerprint density at radius 3 is 2.58 bits per heavy atom. The van der Waals surface area contributed by atoms with Crippen LogP contribution < -0.4 is 5.32 Å². The molecule has 0 saturated heterocycles. The SMILES string of the molecule is CC(NC(=O)c1cc(F)ccc1O)c1ccccc1. The number of hydrogen-bond acceptors (Lipinski definition) is 2. The third kappa shape index (κ3) is 3.10. The number of hydrogen-bond donors (Lipinski definition) is 2. The van der Waals surface area contributed by atoms with E-state index in [1.807, 2.05) is 37.3 Å². The molecular formula is C15H14FNO2. The average molecular weight is 259 g/mol. The first-order chi connectivity index (χ1) is 9.08. The molecule has 1 unspecified atom stereocenters. The van der Waals surface area contributed by atoms with Crippen molar-refractivity contribution < 1.29 is 14.3 Å². The van der Waals surface area contributed by atoms with Crippen molar-refractivity contribution in [2.45, 2.75) is 13.0 Å². The van der Waals surface area contributed by atoms with Gasteiger partial charge in [-0.15, -0.1) is 0 Å². The summed E-state index contributed by atoms with van der Waals surface area (Å²) in [6, 6.07) is 12.5. The summed E-state index contributed by atoms with van der Waals surface area (Å²) < 4.78 is 13.1. The van der Waals surface area contributed by atoms with E-state index in [9.17, 15) is 14.3 Å². The van der Waals surface area contributed by atoms with Crippen LogP contribution in [0.15, 0.2) is 48.5 Å². The second kappa shape index (κ2) is 5.52. The van der Waals surface area contributed by atoms with Crippen molar-refractivity contribution in [2.24, 2.45) is 0 Å². The summed E-state index contributed by atoms with van der Waals surface area (Å²) in [7, 11) is 0. The van der Waals surface area contributed by atoms with E-state index in [0.29, 0.717) is 0 Å². The summed E-state index contributed by atoms with van der Waals surface area (Å²) in [5.41, 5.74) is 0.870. The van der Waals surface area contributed by atoms with Crippen LogP contribution in [0.5, 0.6) is 5.75 Å². The number of carbonyl (C=O) groups is 1. The lowest BCUT2D eigenvalue weighted by Crippen LogP contribution is -2.26. The van der Waals surface area contributed by atoms with Gasteiger partial charge in [0.1, 0.15) is 11.6 Å². The number of nitrogens with one attached hydrogen (secondary N) is 1. The second-order valence-electron chi connectivity index (χ2n) is 4.27. The van der Waals surface area contributed by atoms with Crippen LogP contribution in [0.1, 0.15) is 28.9 Å². The van der Waals surface area contributed by atoms with E-state index in [1.54, 1.807) is 0 Å². The van der Waals surface area contributed by atoms with Crippen LogP contribution in [0.25, 0.3) is 0 Å². The van der Waals surface area contributed by atoms with E-state index < -0.39 is 11.7 Å². The van der Waals surface area contributed by atoms with Gasteiger partial charge < -0.3 is 10.4 Å². The van der Waals surface area contributed by atoms with Crippen LogP contribution in [-0.2, 0) is 0 Å². The predicted molar refractivity (Wildman–Crippen MR) is 70.4 cm³/mol. The molecule has 1 amide bonds. The van der Waals surface area contributed by atoms with Gasteiger partial charge in [0, 0.05) is 0 Å². The molecule has 4 heteroatoms. The summed E-state index contributed by atoms with van der Waals surface area (Å²) in [6.07, 6.45) is 0. The largest absolute Gasteiger partial charge is 0.507 e. The Bertz CT molecular complexity index is 584. The van der Waals surface area contributed by atoms with E-state index in [0.717, 1.165) is 23.8 Å². The van der Waals surface area contributed by atoms with Crippen molar-refractivity contribution in [3.63, 3.8) is 0 Å². The number of aromatic hydroxyl groups is 1. The van der Waals surface area contributed by atoms with Crippen molar-refractivity contribution in [3.05, 3.63) is 65.5 Å². The summed E-state index contributed by atoms with van der Waals surface area (Å²) in [5, 5.41) is 12.3. The smallest absolute Gasteiger partial charge is 0.255 e. The molecule has 0 aromatic heterocycles. The van der Waals surface area contributed by atoms with Crippen molar-refractivity contribution >= 4 is 5.91 Å². The van der Waals surface area contributed by atoms with Gasteiger partial charge in [-0.05, 0) is 30.7 Å². The van der Waals surface area contributed by atoms with Crippen LogP contribution >= 0.6 is 0 Å². The highest BCUT2D eigenvalue weighted by Crippen LogP contribution is 2.19. The first-order valence-electron chi connectivity index (χ1n) is 5.92. The van der Waals surface area contributed by atoms with Crippen LogP contribution in [0.3, 0.4) is 0 Å². The molecule has 0 aliphatic rings. The van der Waals surface area contributed by atoms with Crippen molar-refractivity contribution in [3.8, 4) is 5.75 Å². The van der Waals surface area contributed by atoms with Gasteiger partial charge in [0.25, 0.3) is 5.91 Å². The topological polar surface area (TPSA) is 49.3 Å². The molecule has 0 bridgehead atoms. The highest BCUT2D eigenvalue weighted by atomic mass is 19.1. The molecule has 2 N–H and O–H groups in total. The average Bonchev–Trinajstić information content (AvgIpc) is 2.42. The van der Waals surface area contributed by atoms with Gasteiger partial charge in [-0.3, -0.25) is 4.79 Å². The van der Waals surface area contributed by atoms with Gasteiger partial charge in [-0.25, -0.2) is 4.39 Å². The molecule has 2 aromatic carbocycles. The maximum atomic E-state index is 13.1. The Hall–Kier alpha value is -2.36. The van der Waals surface area contributed by atoms with Gasteiger partial charge in [-0.2, -0.15) is 0 Å². The molecule has 0 radical (unpaired) electrons. The Kier molecular flexibility index (Phi) is 3.80. The fourth-order valence-electron chi connectivity index (χ4n) is 1.79. The minimum Gasteiger partial charge on any atom is -0.507 e. The number of carbonyl (C=O) groups excluding carboxylic acids is 1. The normalized spacial score (nSPS) is 11.9. The zero-order valence-corrected chi connectivity index (χ0v) is 10.4. The van der Waals surface area contributed by atoms with E-state index in [2.05, 4.69) is 5.32 Å². The third-order valence-corrected chi connectivity index (χ3v) is 2.85. The number of benzene rings is 2. The van der Waals surface area contributed by atoms with Crippen molar-refractivity contribution in [1.82, 2.24) is 5.32 Å². The maximum Gasteiger partial charge on any atom is 0.255 e. The summed E-state index contributed by atoms with van der Waals surface area (Å²) in [4.78, 5) is 12.0. The Morgan fingerprint density at radius 2 is 1.89 bits per heavy atom. The molecule has 0 aliphatic carbocycles.